The molecule has 1 heterocycles. The fraction of sp³-hybridized carbons (Fsp3) is 0.857. The molecule has 1 unspecified atom stereocenters. The molecule has 0 aromatic carbocycles. The van der Waals surface area contributed by atoms with E-state index in [9.17, 15) is 14.7 Å². The van der Waals surface area contributed by atoms with Crippen molar-refractivity contribution in [2.75, 3.05) is 33.7 Å². The summed E-state index contributed by atoms with van der Waals surface area (Å²) >= 11 is 0. The molecule has 1 aliphatic heterocycles. The highest BCUT2D eigenvalue weighted by molar-refractivity contribution is 5.76. The van der Waals surface area contributed by atoms with Gasteiger partial charge in [-0.2, -0.15) is 0 Å². The highest BCUT2D eigenvalue weighted by atomic mass is 16.4. The number of likely N-dealkylation sites (tertiary alicyclic amines) is 1. The van der Waals surface area contributed by atoms with Gasteiger partial charge in [0.1, 0.15) is 0 Å². The van der Waals surface area contributed by atoms with Gasteiger partial charge in [0.05, 0.1) is 5.41 Å². The minimum absolute atomic E-state index is 0.136. The number of nitrogens with zero attached hydrogens (tertiary/aromatic N) is 2. The van der Waals surface area contributed by atoms with Gasteiger partial charge in [0, 0.05) is 27.1 Å². The molecule has 0 aliphatic carbocycles. The lowest BCUT2D eigenvalue weighted by Crippen LogP contribution is -2.35. The fourth-order valence-electron chi connectivity index (χ4n) is 2.79. The van der Waals surface area contributed by atoms with E-state index in [1.54, 1.807) is 19.0 Å². The van der Waals surface area contributed by atoms with Crippen LogP contribution in [0.25, 0.3) is 0 Å². The van der Waals surface area contributed by atoms with E-state index in [0.717, 1.165) is 38.8 Å². The molecule has 0 radical (unpaired) electrons. The maximum Gasteiger partial charge on any atom is 0.310 e. The summed E-state index contributed by atoms with van der Waals surface area (Å²) in [6.45, 7) is 4.32. The molecule has 1 N–H and O–H groups in total. The second-order valence-corrected chi connectivity index (χ2v) is 5.75. The number of rotatable bonds is 7. The third-order valence-corrected chi connectivity index (χ3v) is 3.98. The molecule has 1 fully saturated rings. The predicted molar refractivity (Wildman–Crippen MR) is 74.0 cm³/mol. The number of aliphatic carboxylic acids is 1. The highest BCUT2D eigenvalue weighted by Gasteiger charge is 2.43. The van der Waals surface area contributed by atoms with Gasteiger partial charge in [0.25, 0.3) is 0 Å². The first-order valence-corrected chi connectivity index (χ1v) is 7.07. The largest absolute Gasteiger partial charge is 0.481 e. The van der Waals surface area contributed by atoms with E-state index in [2.05, 4.69) is 4.90 Å². The molecule has 1 saturated heterocycles. The molecule has 0 bridgehead atoms. The highest BCUT2D eigenvalue weighted by Crippen LogP contribution is 2.35. The first-order chi connectivity index (χ1) is 8.91. The quantitative estimate of drug-likeness (QED) is 0.760. The molecule has 0 spiro atoms. The van der Waals surface area contributed by atoms with Crippen LogP contribution in [0.15, 0.2) is 0 Å². The standard InChI is InChI=1S/C14H26N2O3/c1-4-7-14(13(18)19)8-10-16(11-14)9-5-6-12(17)15(2)3/h4-11H2,1-3H3,(H,18,19). The summed E-state index contributed by atoms with van der Waals surface area (Å²) in [6, 6.07) is 0. The first-order valence-electron chi connectivity index (χ1n) is 7.07. The molecule has 0 saturated carbocycles. The van der Waals surface area contributed by atoms with Crippen molar-refractivity contribution in [2.24, 2.45) is 5.41 Å². The van der Waals surface area contributed by atoms with Crippen LogP contribution in [-0.4, -0.2) is 60.5 Å². The summed E-state index contributed by atoms with van der Waals surface area (Å²) < 4.78 is 0. The molecular formula is C14H26N2O3. The first kappa shape index (κ1) is 16.0. The lowest BCUT2D eigenvalue weighted by Gasteiger charge is -2.24. The predicted octanol–water partition coefficient (Wildman–Crippen LogP) is 1.43. The third-order valence-electron chi connectivity index (χ3n) is 3.98. The Morgan fingerprint density at radius 1 is 1.37 bits per heavy atom. The van der Waals surface area contributed by atoms with Gasteiger partial charge in [-0.05, 0) is 32.4 Å². The number of carbonyl (C=O) groups excluding carboxylic acids is 1. The van der Waals surface area contributed by atoms with E-state index in [1.807, 2.05) is 6.92 Å². The number of hydrogen-bond donors (Lipinski definition) is 1. The Hall–Kier alpha value is -1.10. The Labute approximate surface area is 115 Å². The normalized spacial score (nSPS) is 23.5. The molecule has 5 nitrogen and oxygen atoms in total. The van der Waals surface area contributed by atoms with E-state index < -0.39 is 11.4 Å². The van der Waals surface area contributed by atoms with Crippen LogP contribution in [0.4, 0.5) is 0 Å². The number of carboxylic acids is 1. The molecule has 19 heavy (non-hydrogen) atoms. The average molecular weight is 270 g/mol. The zero-order valence-corrected chi connectivity index (χ0v) is 12.3. The molecular weight excluding hydrogens is 244 g/mol. The Morgan fingerprint density at radius 3 is 2.58 bits per heavy atom. The van der Waals surface area contributed by atoms with Crippen molar-refractivity contribution in [1.82, 2.24) is 9.80 Å². The van der Waals surface area contributed by atoms with Crippen LogP contribution in [-0.2, 0) is 9.59 Å². The maximum atomic E-state index is 11.5. The van der Waals surface area contributed by atoms with Crippen molar-refractivity contribution >= 4 is 11.9 Å². The van der Waals surface area contributed by atoms with Crippen LogP contribution in [0.5, 0.6) is 0 Å². The van der Waals surface area contributed by atoms with Crippen LogP contribution >= 0.6 is 0 Å². The Morgan fingerprint density at radius 2 is 2.05 bits per heavy atom. The van der Waals surface area contributed by atoms with Gasteiger partial charge in [-0.1, -0.05) is 13.3 Å². The van der Waals surface area contributed by atoms with E-state index in [4.69, 9.17) is 0 Å². The van der Waals surface area contributed by atoms with Gasteiger partial charge in [-0.25, -0.2) is 0 Å². The Kier molecular flexibility index (Phi) is 5.79. The summed E-state index contributed by atoms with van der Waals surface area (Å²) in [5.74, 6) is -0.529. The second-order valence-electron chi connectivity index (χ2n) is 5.75. The van der Waals surface area contributed by atoms with Crippen LogP contribution in [0, 0.1) is 5.41 Å². The third kappa shape index (κ3) is 4.20. The lowest BCUT2D eigenvalue weighted by molar-refractivity contribution is -0.148. The van der Waals surface area contributed by atoms with Crippen molar-refractivity contribution in [3.05, 3.63) is 0 Å². The van der Waals surface area contributed by atoms with Crippen LogP contribution in [0.1, 0.15) is 39.0 Å². The van der Waals surface area contributed by atoms with Gasteiger partial charge in [-0.15, -0.1) is 0 Å². The van der Waals surface area contributed by atoms with Crippen molar-refractivity contribution < 1.29 is 14.7 Å². The number of amides is 1. The van der Waals surface area contributed by atoms with Crippen molar-refractivity contribution in [2.45, 2.75) is 39.0 Å². The molecule has 0 aromatic rings. The molecule has 1 aliphatic rings. The van der Waals surface area contributed by atoms with E-state index in [0.29, 0.717) is 13.0 Å². The minimum atomic E-state index is -0.666. The fourth-order valence-corrected chi connectivity index (χ4v) is 2.79. The topological polar surface area (TPSA) is 60.9 Å². The van der Waals surface area contributed by atoms with E-state index in [1.165, 1.54) is 0 Å². The summed E-state index contributed by atoms with van der Waals surface area (Å²) in [6.07, 6.45) is 3.72. The summed E-state index contributed by atoms with van der Waals surface area (Å²) in [5.41, 5.74) is -0.555. The molecule has 110 valence electrons. The molecule has 0 aromatic heterocycles. The van der Waals surface area contributed by atoms with Gasteiger partial charge < -0.3 is 14.9 Å². The summed E-state index contributed by atoms with van der Waals surface area (Å²) in [5, 5.41) is 9.41. The number of hydrogen-bond acceptors (Lipinski definition) is 3. The number of carboxylic acid groups (broad SMARTS) is 1. The molecule has 1 atom stereocenters. The lowest BCUT2D eigenvalue weighted by atomic mass is 9.83. The molecule has 5 heteroatoms. The Balaban J connectivity index is 2.39. The zero-order chi connectivity index (χ0) is 14.5. The SMILES string of the molecule is CCCC1(C(=O)O)CCN(CCCC(=O)N(C)C)C1. The molecule has 1 amide bonds. The monoisotopic (exact) mass is 270 g/mol. The van der Waals surface area contributed by atoms with Crippen molar-refractivity contribution in [1.29, 1.82) is 0 Å². The summed E-state index contributed by atoms with van der Waals surface area (Å²) in [4.78, 5) is 26.7. The zero-order valence-electron chi connectivity index (χ0n) is 12.3. The van der Waals surface area contributed by atoms with E-state index in [-0.39, 0.29) is 5.91 Å². The van der Waals surface area contributed by atoms with Crippen molar-refractivity contribution in [3.63, 3.8) is 0 Å². The second kappa shape index (κ2) is 6.89. The van der Waals surface area contributed by atoms with Gasteiger partial charge in [0.15, 0.2) is 0 Å². The Bertz CT molecular complexity index is 331. The van der Waals surface area contributed by atoms with Crippen LogP contribution in [0.3, 0.4) is 0 Å². The average Bonchev–Trinajstić information content (AvgIpc) is 2.74. The minimum Gasteiger partial charge on any atom is -0.481 e. The molecule has 1 rings (SSSR count). The van der Waals surface area contributed by atoms with Gasteiger partial charge >= 0.3 is 5.97 Å². The number of carbonyl (C=O) groups is 2. The van der Waals surface area contributed by atoms with Crippen LogP contribution < -0.4 is 0 Å². The summed E-state index contributed by atoms with van der Waals surface area (Å²) in [7, 11) is 3.52. The van der Waals surface area contributed by atoms with E-state index >= 15 is 0 Å². The van der Waals surface area contributed by atoms with Gasteiger partial charge in [-0.3, -0.25) is 9.59 Å². The van der Waals surface area contributed by atoms with Crippen molar-refractivity contribution in [3.8, 4) is 0 Å². The maximum absolute atomic E-state index is 11.5. The van der Waals surface area contributed by atoms with Crippen LogP contribution in [0.2, 0.25) is 0 Å². The smallest absolute Gasteiger partial charge is 0.310 e. The van der Waals surface area contributed by atoms with Gasteiger partial charge in [0.2, 0.25) is 5.91 Å².